The molecule has 1 unspecified atom stereocenters. The van der Waals surface area contributed by atoms with Crippen LogP contribution in [-0.2, 0) is 14.3 Å². The van der Waals surface area contributed by atoms with E-state index in [9.17, 15) is 0 Å². The van der Waals surface area contributed by atoms with E-state index in [0.29, 0.717) is 13.2 Å². The maximum Gasteiger partial charge on any atom is 0.161 e. The standard InChI is InChI=1S/C8H13NO3/c1-6-4-7(12-9-6)5-8-10-2-3-11-8/h7-8H,2-5H2,1H3. The van der Waals surface area contributed by atoms with Gasteiger partial charge in [-0.1, -0.05) is 5.16 Å². The third-order valence-corrected chi connectivity index (χ3v) is 2.03. The van der Waals surface area contributed by atoms with Gasteiger partial charge in [0.15, 0.2) is 6.29 Å². The first-order chi connectivity index (χ1) is 5.84. The molecule has 0 N–H and O–H groups in total. The molecule has 0 bridgehead atoms. The third-order valence-electron chi connectivity index (χ3n) is 2.03. The van der Waals surface area contributed by atoms with E-state index in [2.05, 4.69) is 5.16 Å². The van der Waals surface area contributed by atoms with Crippen molar-refractivity contribution < 1.29 is 14.3 Å². The highest BCUT2D eigenvalue weighted by Gasteiger charge is 2.25. The van der Waals surface area contributed by atoms with Crippen LogP contribution in [0.15, 0.2) is 5.16 Å². The van der Waals surface area contributed by atoms with E-state index in [1.54, 1.807) is 0 Å². The Morgan fingerprint density at radius 3 is 2.75 bits per heavy atom. The summed E-state index contributed by atoms with van der Waals surface area (Å²) in [6, 6.07) is 0. The maximum absolute atomic E-state index is 5.30. The van der Waals surface area contributed by atoms with Crippen molar-refractivity contribution in [1.82, 2.24) is 0 Å². The van der Waals surface area contributed by atoms with Gasteiger partial charge in [0, 0.05) is 12.8 Å². The molecule has 1 atom stereocenters. The first-order valence-corrected chi connectivity index (χ1v) is 4.27. The average molecular weight is 171 g/mol. The summed E-state index contributed by atoms with van der Waals surface area (Å²) >= 11 is 0. The van der Waals surface area contributed by atoms with Crippen molar-refractivity contribution in [3.63, 3.8) is 0 Å². The first kappa shape index (κ1) is 8.01. The molecule has 2 heterocycles. The Morgan fingerprint density at radius 1 is 1.42 bits per heavy atom. The fourth-order valence-electron chi connectivity index (χ4n) is 1.45. The van der Waals surface area contributed by atoms with Crippen LogP contribution in [0.1, 0.15) is 19.8 Å². The van der Waals surface area contributed by atoms with Gasteiger partial charge in [-0.2, -0.15) is 0 Å². The van der Waals surface area contributed by atoms with Crippen LogP contribution in [0, 0.1) is 0 Å². The maximum atomic E-state index is 5.30. The predicted molar refractivity (Wildman–Crippen MR) is 42.9 cm³/mol. The van der Waals surface area contributed by atoms with Crippen LogP contribution in [0.2, 0.25) is 0 Å². The van der Waals surface area contributed by atoms with E-state index >= 15 is 0 Å². The van der Waals surface area contributed by atoms with Gasteiger partial charge in [-0.3, -0.25) is 0 Å². The van der Waals surface area contributed by atoms with Gasteiger partial charge in [0.1, 0.15) is 6.10 Å². The highest BCUT2D eigenvalue weighted by molar-refractivity contribution is 5.82. The molecule has 1 saturated heterocycles. The molecule has 0 spiro atoms. The molecule has 2 aliphatic rings. The van der Waals surface area contributed by atoms with Gasteiger partial charge in [-0.15, -0.1) is 0 Å². The Balaban J connectivity index is 1.74. The Bertz CT molecular complexity index is 187. The molecule has 0 aromatic heterocycles. The molecule has 68 valence electrons. The zero-order valence-electron chi connectivity index (χ0n) is 7.16. The summed E-state index contributed by atoms with van der Waals surface area (Å²) in [5.41, 5.74) is 1.05. The molecular weight excluding hydrogens is 158 g/mol. The number of hydrogen-bond acceptors (Lipinski definition) is 4. The minimum absolute atomic E-state index is 0.0731. The minimum atomic E-state index is -0.0731. The molecule has 0 aromatic carbocycles. The van der Waals surface area contributed by atoms with Gasteiger partial charge in [0.05, 0.1) is 18.9 Å². The molecule has 4 nitrogen and oxygen atoms in total. The van der Waals surface area contributed by atoms with E-state index in [0.717, 1.165) is 18.6 Å². The number of oxime groups is 1. The quantitative estimate of drug-likeness (QED) is 0.620. The summed E-state index contributed by atoms with van der Waals surface area (Å²) < 4.78 is 10.6. The fourth-order valence-corrected chi connectivity index (χ4v) is 1.45. The van der Waals surface area contributed by atoms with Crippen LogP contribution >= 0.6 is 0 Å². The summed E-state index contributed by atoms with van der Waals surface area (Å²) in [5, 5.41) is 3.87. The monoisotopic (exact) mass is 171 g/mol. The summed E-state index contributed by atoms with van der Waals surface area (Å²) in [7, 11) is 0. The number of hydrogen-bond donors (Lipinski definition) is 0. The Morgan fingerprint density at radius 2 is 2.17 bits per heavy atom. The van der Waals surface area contributed by atoms with Crippen LogP contribution in [0.4, 0.5) is 0 Å². The number of ether oxygens (including phenoxy) is 2. The van der Waals surface area contributed by atoms with E-state index in [-0.39, 0.29) is 12.4 Å². The topological polar surface area (TPSA) is 40.0 Å². The SMILES string of the molecule is CC1=NOC(CC2OCCO2)C1. The molecule has 0 aliphatic carbocycles. The summed E-state index contributed by atoms with van der Waals surface area (Å²) in [6.07, 6.45) is 1.79. The van der Waals surface area contributed by atoms with E-state index in [1.807, 2.05) is 6.92 Å². The lowest BCUT2D eigenvalue weighted by Crippen LogP contribution is -2.18. The second-order valence-electron chi connectivity index (χ2n) is 3.16. The first-order valence-electron chi connectivity index (χ1n) is 4.27. The van der Waals surface area contributed by atoms with Crippen molar-refractivity contribution in [3.8, 4) is 0 Å². The van der Waals surface area contributed by atoms with E-state index < -0.39 is 0 Å². The Labute approximate surface area is 71.5 Å². The zero-order chi connectivity index (χ0) is 8.39. The summed E-state index contributed by atoms with van der Waals surface area (Å²) in [4.78, 5) is 5.16. The molecule has 1 fully saturated rings. The van der Waals surface area contributed by atoms with Gasteiger partial charge < -0.3 is 14.3 Å². The third kappa shape index (κ3) is 1.76. The zero-order valence-corrected chi connectivity index (χ0v) is 7.16. The van der Waals surface area contributed by atoms with Crippen LogP contribution in [0.3, 0.4) is 0 Å². The normalized spacial score (nSPS) is 30.4. The molecular formula is C8H13NO3. The lowest BCUT2D eigenvalue weighted by molar-refractivity contribution is -0.0774. The molecule has 4 heteroatoms. The fraction of sp³-hybridized carbons (Fsp3) is 0.875. The van der Waals surface area contributed by atoms with Crippen LogP contribution in [0.25, 0.3) is 0 Å². The molecule has 2 rings (SSSR count). The van der Waals surface area contributed by atoms with Crippen molar-refractivity contribution in [1.29, 1.82) is 0 Å². The van der Waals surface area contributed by atoms with E-state index in [4.69, 9.17) is 14.3 Å². The second-order valence-corrected chi connectivity index (χ2v) is 3.16. The minimum Gasteiger partial charge on any atom is -0.392 e. The van der Waals surface area contributed by atoms with Crippen LogP contribution in [-0.4, -0.2) is 31.3 Å². The van der Waals surface area contributed by atoms with Gasteiger partial charge in [0.25, 0.3) is 0 Å². The highest BCUT2D eigenvalue weighted by atomic mass is 16.7. The van der Waals surface area contributed by atoms with Crippen LogP contribution in [0.5, 0.6) is 0 Å². The smallest absolute Gasteiger partial charge is 0.161 e. The molecule has 0 saturated carbocycles. The second kappa shape index (κ2) is 3.41. The molecule has 12 heavy (non-hydrogen) atoms. The number of nitrogens with zero attached hydrogens (tertiary/aromatic N) is 1. The van der Waals surface area contributed by atoms with Gasteiger partial charge in [-0.25, -0.2) is 0 Å². The van der Waals surface area contributed by atoms with Crippen molar-refractivity contribution in [2.24, 2.45) is 5.16 Å². The van der Waals surface area contributed by atoms with E-state index in [1.165, 1.54) is 0 Å². The summed E-state index contributed by atoms with van der Waals surface area (Å²) in [5.74, 6) is 0. The Kier molecular flexibility index (Phi) is 2.28. The van der Waals surface area contributed by atoms with Crippen molar-refractivity contribution >= 4 is 5.71 Å². The average Bonchev–Trinajstić information content (AvgIpc) is 2.63. The Hall–Kier alpha value is -0.610. The number of rotatable bonds is 2. The van der Waals surface area contributed by atoms with Gasteiger partial charge in [-0.05, 0) is 6.92 Å². The largest absolute Gasteiger partial charge is 0.392 e. The van der Waals surface area contributed by atoms with Crippen molar-refractivity contribution in [2.45, 2.75) is 32.2 Å². The summed E-state index contributed by atoms with van der Waals surface area (Å²) in [6.45, 7) is 3.38. The highest BCUT2D eigenvalue weighted by Crippen LogP contribution is 2.19. The molecule has 0 radical (unpaired) electrons. The van der Waals surface area contributed by atoms with Crippen LogP contribution < -0.4 is 0 Å². The molecule has 0 amide bonds. The van der Waals surface area contributed by atoms with Crippen molar-refractivity contribution in [2.75, 3.05) is 13.2 Å². The van der Waals surface area contributed by atoms with Gasteiger partial charge >= 0.3 is 0 Å². The lowest BCUT2D eigenvalue weighted by atomic mass is 10.1. The van der Waals surface area contributed by atoms with Crippen molar-refractivity contribution in [3.05, 3.63) is 0 Å². The lowest BCUT2D eigenvalue weighted by Gasteiger charge is -2.12. The molecule has 0 aromatic rings. The molecule has 2 aliphatic heterocycles. The predicted octanol–water partition coefficient (Wildman–Crippen LogP) is 0.914. The van der Waals surface area contributed by atoms with Gasteiger partial charge in [0.2, 0.25) is 0 Å².